The maximum atomic E-state index is 13.6. The van der Waals surface area contributed by atoms with E-state index in [0.29, 0.717) is 19.6 Å². The number of hydrogen-bond donors (Lipinski definition) is 1. The lowest BCUT2D eigenvalue weighted by Crippen LogP contribution is -2.51. The second-order valence-corrected chi connectivity index (χ2v) is 12.1. The number of aromatic nitrogens is 1. The van der Waals surface area contributed by atoms with E-state index in [1.807, 2.05) is 70.2 Å². The second kappa shape index (κ2) is 11.1. The summed E-state index contributed by atoms with van der Waals surface area (Å²) in [5, 5.41) is 3.90. The highest BCUT2D eigenvalue weighted by atomic mass is 16.6. The average molecular weight is 552 g/mol. The maximum absolute atomic E-state index is 13.6. The van der Waals surface area contributed by atoms with Gasteiger partial charge >= 0.3 is 12.2 Å². The van der Waals surface area contributed by atoms with Crippen LogP contribution in [0.15, 0.2) is 36.7 Å². The van der Waals surface area contributed by atoms with Crippen LogP contribution in [0.4, 0.5) is 9.59 Å². The predicted octanol–water partition coefficient (Wildman–Crippen LogP) is 4.44. The van der Waals surface area contributed by atoms with E-state index < -0.39 is 17.8 Å². The quantitative estimate of drug-likeness (QED) is 0.587. The molecule has 2 aliphatic heterocycles. The number of nitrogens with one attached hydrogen (secondary N) is 1. The van der Waals surface area contributed by atoms with Crippen LogP contribution < -0.4 is 5.32 Å². The van der Waals surface area contributed by atoms with E-state index in [2.05, 4.69) is 20.9 Å². The summed E-state index contributed by atoms with van der Waals surface area (Å²) in [6.45, 7) is 9.21. The molecule has 0 radical (unpaired) electrons. The maximum Gasteiger partial charge on any atom is 0.411 e. The number of carbonyl (C=O) groups excluding carboxylic acids is 3. The summed E-state index contributed by atoms with van der Waals surface area (Å²) in [4.78, 5) is 44.3. The van der Waals surface area contributed by atoms with Gasteiger partial charge in [-0.05, 0) is 59.4 Å². The monoisotopic (exact) mass is 551 g/mol. The number of carbonyl (C=O) groups is 3. The number of benzene rings is 1. The van der Waals surface area contributed by atoms with Crippen LogP contribution in [0.3, 0.4) is 0 Å². The largest absolute Gasteiger partial charge is 0.444 e. The number of hydrogen-bond acceptors (Lipinski definition) is 7. The number of Topliss-reactive ketones (excluding diaryl/α,β-unsaturated/α-hetero) is 1. The summed E-state index contributed by atoms with van der Waals surface area (Å²) < 4.78 is 13.2. The topological polar surface area (TPSA) is 96.3 Å². The fourth-order valence-electron chi connectivity index (χ4n) is 6.02. The van der Waals surface area contributed by atoms with Gasteiger partial charge in [0.2, 0.25) is 0 Å². The molecule has 40 heavy (non-hydrogen) atoms. The Labute approximate surface area is 235 Å². The fourth-order valence-corrected chi connectivity index (χ4v) is 6.02. The van der Waals surface area contributed by atoms with E-state index in [1.165, 1.54) is 0 Å². The van der Waals surface area contributed by atoms with Gasteiger partial charge in [0.05, 0.1) is 0 Å². The first-order chi connectivity index (χ1) is 19.0. The van der Waals surface area contributed by atoms with E-state index >= 15 is 0 Å². The summed E-state index contributed by atoms with van der Waals surface area (Å²) in [6, 6.07) is 7.94. The van der Waals surface area contributed by atoms with Crippen LogP contribution >= 0.6 is 0 Å². The molecule has 1 saturated heterocycles. The van der Waals surface area contributed by atoms with E-state index in [1.54, 1.807) is 4.90 Å². The lowest BCUT2D eigenvalue weighted by molar-refractivity contribution is 0.0231. The molecule has 1 fully saturated rings. The Morgan fingerprint density at radius 3 is 2.62 bits per heavy atom. The lowest BCUT2D eigenvalue weighted by atomic mass is 9.84. The van der Waals surface area contributed by atoms with E-state index in [4.69, 9.17) is 9.47 Å². The molecular formula is C30H41N5O5. The molecule has 10 nitrogen and oxygen atoms in total. The molecule has 3 heterocycles. The third-order valence-corrected chi connectivity index (χ3v) is 8.15. The smallest absolute Gasteiger partial charge is 0.411 e. The number of ether oxygens (including phenoxy) is 2. The molecule has 3 atom stereocenters. The zero-order valence-corrected chi connectivity index (χ0v) is 24.2. The Balaban J connectivity index is 1.12. The van der Waals surface area contributed by atoms with Gasteiger partial charge in [-0.25, -0.2) is 9.59 Å². The van der Waals surface area contributed by atoms with Gasteiger partial charge in [0.25, 0.3) is 0 Å². The SMILES string of the molecule is CC1N(COC(=O)N2CCC[C@@H](NC(=O)OC(C)(C)C)C2)C=CN1CC1CCc2c(c3ccccc3n2C)C1=O. The van der Waals surface area contributed by atoms with Crippen molar-refractivity contribution in [2.45, 2.75) is 71.2 Å². The van der Waals surface area contributed by atoms with Gasteiger partial charge < -0.3 is 34.1 Å². The highest BCUT2D eigenvalue weighted by Crippen LogP contribution is 2.34. The Bertz CT molecular complexity index is 1310. The molecule has 216 valence electrons. The highest BCUT2D eigenvalue weighted by Gasteiger charge is 2.35. The fraction of sp³-hybridized carbons (Fsp3) is 0.567. The zero-order valence-electron chi connectivity index (χ0n) is 24.2. The molecule has 0 bridgehead atoms. The third-order valence-electron chi connectivity index (χ3n) is 8.15. The van der Waals surface area contributed by atoms with Crippen LogP contribution in [0.2, 0.25) is 0 Å². The Morgan fingerprint density at radius 2 is 1.85 bits per heavy atom. The van der Waals surface area contributed by atoms with Gasteiger partial charge in [0, 0.05) is 73.2 Å². The van der Waals surface area contributed by atoms with Crippen LogP contribution in [-0.2, 0) is 22.9 Å². The van der Waals surface area contributed by atoms with Crippen molar-refractivity contribution in [3.05, 3.63) is 47.9 Å². The van der Waals surface area contributed by atoms with Gasteiger partial charge in [-0.2, -0.15) is 0 Å². The number of fused-ring (bicyclic) bond motifs is 3. The average Bonchev–Trinajstić information content (AvgIpc) is 3.40. The molecule has 2 aromatic rings. The first kappa shape index (κ1) is 27.9. The summed E-state index contributed by atoms with van der Waals surface area (Å²) in [5.41, 5.74) is 2.53. The van der Waals surface area contributed by atoms with Crippen LogP contribution in [0.25, 0.3) is 10.9 Å². The Morgan fingerprint density at radius 1 is 1.10 bits per heavy atom. The van der Waals surface area contributed by atoms with Crippen molar-refractivity contribution < 1.29 is 23.9 Å². The summed E-state index contributed by atoms with van der Waals surface area (Å²) >= 11 is 0. The Hall–Kier alpha value is -3.69. The van der Waals surface area contributed by atoms with E-state index in [9.17, 15) is 14.4 Å². The third kappa shape index (κ3) is 5.76. The van der Waals surface area contributed by atoms with Crippen LogP contribution in [0.1, 0.15) is 63.0 Å². The normalized spacial score (nSPS) is 23.0. The number of aryl methyl sites for hydroxylation is 1. The van der Waals surface area contributed by atoms with E-state index in [-0.39, 0.29) is 30.6 Å². The molecule has 1 N–H and O–H groups in total. The molecule has 3 aliphatic rings. The van der Waals surface area contributed by atoms with Crippen molar-refractivity contribution in [1.82, 2.24) is 24.6 Å². The van der Waals surface area contributed by atoms with Gasteiger partial charge in [-0.1, -0.05) is 18.2 Å². The van der Waals surface area contributed by atoms with Crippen molar-refractivity contribution in [2.24, 2.45) is 13.0 Å². The molecule has 1 aliphatic carbocycles. The van der Waals surface area contributed by atoms with Crippen LogP contribution in [0, 0.1) is 5.92 Å². The number of nitrogens with zero attached hydrogens (tertiary/aromatic N) is 4. The first-order valence-corrected chi connectivity index (χ1v) is 14.2. The van der Waals surface area contributed by atoms with Crippen molar-refractivity contribution in [3.8, 4) is 0 Å². The number of piperidine rings is 1. The molecule has 5 rings (SSSR count). The Kier molecular flexibility index (Phi) is 7.70. The van der Waals surface area contributed by atoms with Crippen molar-refractivity contribution in [3.63, 3.8) is 0 Å². The summed E-state index contributed by atoms with van der Waals surface area (Å²) in [5.74, 6) is 0.124. The highest BCUT2D eigenvalue weighted by molar-refractivity contribution is 6.11. The van der Waals surface area contributed by atoms with Gasteiger partial charge in [-0.3, -0.25) is 4.79 Å². The second-order valence-electron chi connectivity index (χ2n) is 12.1. The molecular weight excluding hydrogens is 510 g/mol. The lowest BCUT2D eigenvalue weighted by Gasteiger charge is -2.35. The standard InChI is InChI=1S/C30H41N5O5/c1-20-33(17-21-12-13-25-26(27(21)36)23-10-6-7-11-24(23)32(25)5)15-16-35(20)19-39-29(38)34-14-8-9-22(18-34)31-28(37)40-30(2,3)4/h6-7,10-11,15-16,20-22H,8-9,12-14,17-19H2,1-5H3,(H,31,37)/t20?,21?,22-/m1/s1. The first-order valence-electron chi connectivity index (χ1n) is 14.2. The molecule has 2 amide bonds. The molecule has 1 aromatic heterocycles. The summed E-state index contributed by atoms with van der Waals surface area (Å²) in [7, 11) is 2.04. The number of rotatable bonds is 5. The molecule has 2 unspecified atom stereocenters. The number of para-hydroxylation sites is 1. The molecule has 10 heteroatoms. The van der Waals surface area contributed by atoms with Crippen LogP contribution in [-0.4, -0.2) is 81.4 Å². The molecule has 1 aromatic carbocycles. The minimum Gasteiger partial charge on any atom is -0.444 e. The minimum absolute atomic E-state index is 0.0440. The number of alkyl carbamates (subject to hydrolysis) is 1. The number of amides is 2. The summed E-state index contributed by atoms with van der Waals surface area (Å²) in [6.07, 6.45) is 6.22. The minimum atomic E-state index is -0.575. The van der Waals surface area contributed by atoms with Crippen molar-refractivity contribution in [1.29, 1.82) is 0 Å². The predicted molar refractivity (Wildman–Crippen MR) is 152 cm³/mol. The van der Waals surface area contributed by atoms with E-state index in [0.717, 1.165) is 47.8 Å². The number of likely N-dealkylation sites (tertiary alicyclic amines) is 1. The zero-order chi connectivity index (χ0) is 28.6. The van der Waals surface area contributed by atoms with Gasteiger partial charge in [-0.15, -0.1) is 0 Å². The van der Waals surface area contributed by atoms with Crippen molar-refractivity contribution >= 4 is 28.9 Å². The van der Waals surface area contributed by atoms with Gasteiger partial charge in [0.1, 0.15) is 11.8 Å². The molecule has 0 spiro atoms. The molecule has 0 saturated carbocycles. The van der Waals surface area contributed by atoms with Gasteiger partial charge in [0.15, 0.2) is 12.5 Å². The number of ketones is 1. The van der Waals surface area contributed by atoms with Crippen LogP contribution in [0.5, 0.6) is 0 Å². The van der Waals surface area contributed by atoms with Crippen molar-refractivity contribution in [2.75, 3.05) is 26.4 Å².